The van der Waals surface area contributed by atoms with E-state index >= 15 is 0 Å². The van der Waals surface area contributed by atoms with Gasteiger partial charge in [0, 0.05) is 19.5 Å². The molecule has 1 N–H and O–H groups in total. The van der Waals surface area contributed by atoms with E-state index < -0.39 is 6.04 Å². The van der Waals surface area contributed by atoms with E-state index in [0.29, 0.717) is 19.5 Å². The van der Waals surface area contributed by atoms with Crippen LogP contribution in [0.2, 0.25) is 0 Å². The number of nitrogens with one attached hydrogen (secondary N) is 1. The maximum Gasteiger partial charge on any atom is 0.243 e. The van der Waals surface area contributed by atoms with Crippen molar-refractivity contribution in [3.8, 4) is 0 Å². The number of carbonyl (C=O) groups excluding carboxylic acids is 2. The second kappa shape index (κ2) is 11.3. The second-order valence-electron chi connectivity index (χ2n) is 8.27. The molecule has 0 fully saturated rings. The Balaban J connectivity index is 1.94. The standard InChI is InChI=1S/C28H32N2O2/c1-4-29-28(32)26(18-23-10-6-5-7-11-23)30(20-25-12-8-9-22(3)17-25)27(31)19-24-15-13-21(2)14-16-24/h5-17,26H,4,18-20H2,1-3H3,(H,29,32). The molecule has 0 saturated carbocycles. The molecule has 166 valence electrons. The van der Waals surface area contributed by atoms with Crippen molar-refractivity contribution in [2.24, 2.45) is 0 Å². The van der Waals surface area contributed by atoms with Gasteiger partial charge in [0.25, 0.3) is 0 Å². The monoisotopic (exact) mass is 428 g/mol. The molecule has 0 heterocycles. The Morgan fingerprint density at radius 1 is 0.812 bits per heavy atom. The van der Waals surface area contributed by atoms with E-state index in [1.54, 1.807) is 4.90 Å². The summed E-state index contributed by atoms with van der Waals surface area (Å²) in [6.45, 7) is 6.87. The van der Waals surface area contributed by atoms with Gasteiger partial charge in [-0.05, 0) is 37.5 Å². The smallest absolute Gasteiger partial charge is 0.243 e. The van der Waals surface area contributed by atoms with Crippen LogP contribution in [0.4, 0.5) is 0 Å². The zero-order chi connectivity index (χ0) is 22.9. The van der Waals surface area contributed by atoms with Gasteiger partial charge in [-0.1, -0.05) is 90.0 Å². The van der Waals surface area contributed by atoms with Gasteiger partial charge in [0.05, 0.1) is 6.42 Å². The van der Waals surface area contributed by atoms with Gasteiger partial charge in [0.15, 0.2) is 0 Å². The van der Waals surface area contributed by atoms with Gasteiger partial charge in [-0.2, -0.15) is 0 Å². The lowest BCUT2D eigenvalue weighted by molar-refractivity contribution is -0.140. The molecule has 1 unspecified atom stereocenters. The van der Waals surface area contributed by atoms with Crippen LogP contribution in [0, 0.1) is 13.8 Å². The molecule has 2 amide bonds. The Morgan fingerprint density at radius 3 is 2.16 bits per heavy atom. The van der Waals surface area contributed by atoms with E-state index in [2.05, 4.69) is 11.4 Å². The molecule has 3 aromatic carbocycles. The van der Waals surface area contributed by atoms with E-state index in [0.717, 1.165) is 27.8 Å². The van der Waals surface area contributed by atoms with Crippen molar-refractivity contribution >= 4 is 11.8 Å². The molecular weight excluding hydrogens is 396 g/mol. The first-order chi connectivity index (χ1) is 15.5. The second-order valence-corrected chi connectivity index (χ2v) is 8.27. The van der Waals surface area contributed by atoms with E-state index in [-0.39, 0.29) is 18.2 Å². The van der Waals surface area contributed by atoms with E-state index in [9.17, 15) is 9.59 Å². The normalized spacial score (nSPS) is 11.6. The summed E-state index contributed by atoms with van der Waals surface area (Å²) in [4.78, 5) is 28.5. The summed E-state index contributed by atoms with van der Waals surface area (Å²) in [5.74, 6) is -0.177. The minimum atomic E-state index is -0.587. The highest BCUT2D eigenvalue weighted by molar-refractivity contribution is 5.88. The predicted molar refractivity (Wildman–Crippen MR) is 129 cm³/mol. The highest BCUT2D eigenvalue weighted by Gasteiger charge is 2.30. The molecule has 0 aliphatic heterocycles. The minimum Gasteiger partial charge on any atom is -0.355 e. The van der Waals surface area contributed by atoms with Crippen LogP contribution in [-0.2, 0) is 29.0 Å². The Morgan fingerprint density at radius 2 is 1.50 bits per heavy atom. The molecule has 4 nitrogen and oxygen atoms in total. The molecule has 32 heavy (non-hydrogen) atoms. The molecule has 3 rings (SSSR count). The van der Waals surface area contributed by atoms with Crippen LogP contribution in [0.5, 0.6) is 0 Å². The van der Waals surface area contributed by atoms with Crippen molar-refractivity contribution in [3.05, 3.63) is 107 Å². The summed E-state index contributed by atoms with van der Waals surface area (Å²) in [7, 11) is 0. The Hall–Kier alpha value is -3.40. The number of rotatable bonds is 9. The number of hydrogen-bond donors (Lipinski definition) is 1. The summed E-state index contributed by atoms with van der Waals surface area (Å²) < 4.78 is 0. The quantitative estimate of drug-likeness (QED) is 0.541. The number of aryl methyl sites for hydroxylation is 2. The molecular formula is C28H32N2O2. The van der Waals surface area contributed by atoms with Crippen LogP contribution in [0.25, 0.3) is 0 Å². The first-order valence-electron chi connectivity index (χ1n) is 11.2. The molecule has 0 bridgehead atoms. The first-order valence-corrected chi connectivity index (χ1v) is 11.2. The predicted octanol–water partition coefficient (Wildman–Crippen LogP) is 4.62. The maximum atomic E-state index is 13.6. The fraction of sp³-hybridized carbons (Fsp3) is 0.286. The lowest BCUT2D eigenvalue weighted by atomic mass is 10.0. The molecule has 1 atom stereocenters. The van der Waals surface area contributed by atoms with Crippen molar-refractivity contribution in [2.45, 2.75) is 46.2 Å². The number of carbonyl (C=O) groups is 2. The molecule has 0 spiro atoms. The number of likely N-dealkylation sites (N-methyl/N-ethyl adjacent to an activating group) is 1. The molecule has 0 aromatic heterocycles. The summed E-state index contributed by atoms with van der Waals surface area (Å²) in [6, 6.07) is 25.4. The van der Waals surface area contributed by atoms with E-state index in [1.807, 2.05) is 93.6 Å². The summed E-state index contributed by atoms with van der Waals surface area (Å²) in [6.07, 6.45) is 0.731. The molecule has 0 saturated heterocycles. The van der Waals surface area contributed by atoms with Crippen molar-refractivity contribution in [2.75, 3.05) is 6.54 Å². The Labute approximate surface area is 191 Å². The van der Waals surface area contributed by atoms with Crippen molar-refractivity contribution in [1.82, 2.24) is 10.2 Å². The molecule has 0 aliphatic carbocycles. The number of nitrogens with zero attached hydrogens (tertiary/aromatic N) is 1. The summed E-state index contributed by atoms with van der Waals surface area (Å²) >= 11 is 0. The first kappa shape index (κ1) is 23.3. The number of amides is 2. The van der Waals surface area contributed by atoms with Gasteiger partial charge < -0.3 is 10.2 Å². The number of hydrogen-bond acceptors (Lipinski definition) is 2. The fourth-order valence-electron chi connectivity index (χ4n) is 3.84. The van der Waals surface area contributed by atoms with Crippen LogP contribution in [0.3, 0.4) is 0 Å². The molecule has 0 aliphatic rings. The SMILES string of the molecule is CCNC(=O)C(Cc1ccccc1)N(Cc1cccc(C)c1)C(=O)Cc1ccc(C)cc1. The van der Waals surface area contributed by atoms with Crippen molar-refractivity contribution in [3.63, 3.8) is 0 Å². The lowest BCUT2D eigenvalue weighted by Gasteiger charge is -2.31. The van der Waals surface area contributed by atoms with Crippen molar-refractivity contribution in [1.29, 1.82) is 0 Å². The highest BCUT2D eigenvalue weighted by atomic mass is 16.2. The average molecular weight is 429 g/mol. The minimum absolute atomic E-state index is 0.0532. The summed E-state index contributed by atoms with van der Waals surface area (Å²) in [5.41, 5.74) is 5.28. The van der Waals surface area contributed by atoms with Gasteiger partial charge in [0.1, 0.15) is 6.04 Å². The highest BCUT2D eigenvalue weighted by Crippen LogP contribution is 2.17. The van der Waals surface area contributed by atoms with Gasteiger partial charge in [-0.15, -0.1) is 0 Å². The lowest BCUT2D eigenvalue weighted by Crippen LogP contribution is -2.50. The van der Waals surface area contributed by atoms with Crippen LogP contribution in [-0.4, -0.2) is 29.3 Å². The van der Waals surface area contributed by atoms with E-state index in [4.69, 9.17) is 0 Å². The van der Waals surface area contributed by atoms with Gasteiger partial charge >= 0.3 is 0 Å². The average Bonchev–Trinajstić information content (AvgIpc) is 2.78. The molecule has 3 aromatic rings. The van der Waals surface area contributed by atoms with Gasteiger partial charge in [0.2, 0.25) is 11.8 Å². The third-order valence-corrected chi connectivity index (χ3v) is 5.53. The van der Waals surface area contributed by atoms with Gasteiger partial charge in [-0.3, -0.25) is 9.59 Å². The maximum absolute atomic E-state index is 13.6. The van der Waals surface area contributed by atoms with Crippen LogP contribution < -0.4 is 5.32 Å². The van der Waals surface area contributed by atoms with Crippen LogP contribution in [0.1, 0.15) is 34.7 Å². The van der Waals surface area contributed by atoms with E-state index in [1.165, 1.54) is 0 Å². The zero-order valence-corrected chi connectivity index (χ0v) is 19.2. The Kier molecular flexibility index (Phi) is 8.20. The summed E-state index contributed by atoms with van der Waals surface area (Å²) in [5, 5.41) is 2.94. The van der Waals surface area contributed by atoms with Crippen LogP contribution >= 0.6 is 0 Å². The van der Waals surface area contributed by atoms with Crippen LogP contribution in [0.15, 0.2) is 78.9 Å². The van der Waals surface area contributed by atoms with Gasteiger partial charge in [-0.25, -0.2) is 0 Å². The molecule has 0 radical (unpaired) electrons. The number of benzene rings is 3. The Bertz CT molecular complexity index is 1030. The largest absolute Gasteiger partial charge is 0.355 e. The van der Waals surface area contributed by atoms with Crippen molar-refractivity contribution < 1.29 is 9.59 Å². The molecule has 4 heteroatoms. The fourth-order valence-corrected chi connectivity index (χ4v) is 3.84. The third-order valence-electron chi connectivity index (χ3n) is 5.53. The third kappa shape index (κ3) is 6.55. The zero-order valence-electron chi connectivity index (χ0n) is 19.2. The topological polar surface area (TPSA) is 49.4 Å².